The Kier molecular flexibility index (Phi) is 10.2. The summed E-state index contributed by atoms with van der Waals surface area (Å²) >= 11 is 0. The first-order valence-electron chi connectivity index (χ1n) is 15.7. The van der Waals surface area contributed by atoms with Crippen molar-refractivity contribution in [1.82, 2.24) is 14.7 Å². The van der Waals surface area contributed by atoms with E-state index < -0.39 is 6.10 Å². The number of aliphatic hydroxyl groups is 1. The number of amides is 1. The first-order valence-corrected chi connectivity index (χ1v) is 15.7. The van der Waals surface area contributed by atoms with Crippen LogP contribution in [0.4, 0.5) is 0 Å². The highest BCUT2D eigenvalue weighted by atomic mass is 16.3. The van der Waals surface area contributed by atoms with Gasteiger partial charge in [0, 0.05) is 36.8 Å². The molecule has 1 fully saturated rings. The first-order chi connectivity index (χ1) is 20.9. The molecule has 0 saturated carbocycles. The summed E-state index contributed by atoms with van der Waals surface area (Å²) in [7, 11) is 0. The van der Waals surface area contributed by atoms with Crippen molar-refractivity contribution >= 4 is 11.7 Å². The molecule has 1 aliphatic heterocycles. The third-order valence-electron chi connectivity index (χ3n) is 8.65. The fourth-order valence-electron chi connectivity index (χ4n) is 6.34. The molecule has 0 spiro atoms. The van der Waals surface area contributed by atoms with Gasteiger partial charge in [-0.3, -0.25) is 14.3 Å². The lowest BCUT2D eigenvalue weighted by Crippen LogP contribution is -2.31. The molecule has 0 aliphatic carbocycles. The Labute approximate surface area is 255 Å². The highest BCUT2D eigenvalue weighted by Crippen LogP contribution is 2.33. The van der Waals surface area contributed by atoms with Gasteiger partial charge in [0.2, 0.25) is 0 Å². The van der Waals surface area contributed by atoms with Crippen molar-refractivity contribution < 1.29 is 14.7 Å². The number of aromatic nitrogens is 2. The molecule has 224 valence electrons. The molecule has 1 aromatic heterocycles. The second-order valence-electron chi connectivity index (χ2n) is 11.9. The minimum atomic E-state index is -0.618. The maximum absolute atomic E-state index is 13.8. The molecule has 2 heterocycles. The van der Waals surface area contributed by atoms with Crippen LogP contribution in [0.2, 0.25) is 0 Å². The lowest BCUT2D eigenvalue weighted by Gasteiger charge is -2.26. The van der Waals surface area contributed by atoms with E-state index in [-0.39, 0.29) is 30.1 Å². The van der Waals surface area contributed by atoms with Gasteiger partial charge in [0.1, 0.15) is 0 Å². The first kappa shape index (κ1) is 30.4. The molecular weight excluding hydrogens is 534 g/mol. The number of hydrogen-bond acceptors (Lipinski definition) is 4. The number of Topliss-reactive ketones (excluding diaryl/α,β-unsaturated/α-hetero) is 1. The van der Waals surface area contributed by atoms with Gasteiger partial charge < -0.3 is 10.0 Å². The van der Waals surface area contributed by atoms with E-state index in [1.807, 2.05) is 83.4 Å². The predicted molar refractivity (Wildman–Crippen MR) is 170 cm³/mol. The van der Waals surface area contributed by atoms with Gasteiger partial charge in [0.25, 0.3) is 5.91 Å². The lowest BCUT2D eigenvalue weighted by atomic mass is 9.85. The van der Waals surface area contributed by atoms with E-state index in [2.05, 4.69) is 30.4 Å². The molecule has 1 unspecified atom stereocenters. The Hall–Kier alpha value is -4.03. The van der Waals surface area contributed by atoms with Gasteiger partial charge >= 0.3 is 0 Å². The van der Waals surface area contributed by atoms with Gasteiger partial charge in [0.05, 0.1) is 18.3 Å². The van der Waals surface area contributed by atoms with Crippen LogP contribution < -0.4 is 0 Å². The number of ketones is 1. The highest BCUT2D eigenvalue weighted by Gasteiger charge is 2.31. The molecule has 6 nitrogen and oxygen atoms in total. The summed E-state index contributed by atoms with van der Waals surface area (Å²) in [6, 6.07) is 25.8. The number of rotatable bonds is 13. The molecule has 1 saturated heterocycles. The summed E-state index contributed by atoms with van der Waals surface area (Å²) in [5.74, 6) is -0.298. The van der Waals surface area contributed by atoms with E-state index in [0.29, 0.717) is 30.5 Å². The minimum Gasteiger partial charge on any atom is -0.393 e. The summed E-state index contributed by atoms with van der Waals surface area (Å²) in [5.41, 5.74) is 5.39. The molecular formula is C37H43N3O3. The van der Waals surface area contributed by atoms with Crippen LogP contribution in [0.15, 0.2) is 91.3 Å². The van der Waals surface area contributed by atoms with E-state index in [1.54, 1.807) is 6.07 Å². The zero-order chi connectivity index (χ0) is 30.2. The van der Waals surface area contributed by atoms with Crippen molar-refractivity contribution in [1.29, 1.82) is 0 Å². The van der Waals surface area contributed by atoms with E-state index in [9.17, 15) is 14.7 Å². The molecule has 1 aliphatic rings. The Morgan fingerprint density at radius 1 is 0.977 bits per heavy atom. The average molecular weight is 578 g/mol. The summed E-state index contributed by atoms with van der Waals surface area (Å²) < 4.78 is 1.91. The van der Waals surface area contributed by atoms with Crippen LogP contribution in [0.25, 0.3) is 0 Å². The number of aliphatic hydroxyl groups excluding tert-OH is 1. The van der Waals surface area contributed by atoms with Crippen LogP contribution in [-0.2, 0) is 19.4 Å². The van der Waals surface area contributed by atoms with Gasteiger partial charge in [-0.1, -0.05) is 60.7 Å². The second-order valence-corrected chi connectivity index (χ2v) is 11.9. The number of aryl methyl sites for hydroxylation is 3. The van der Waals surface area contributed by atoms with Crippen LogP contribution in [0.3, 0.4) is 0 Å². The summed E-state index contributed by atoms with van der Waals surface area (Å²) in [5, 5.41) is 15.7. The summed E-state index contributed by atoms with van der Waals surface area (Å²) in [6.45, 7) is 5.54. The van der Waals surface area contributed by atoms with E-state index in [4.69, 9.17) is 0 Å². The molecule has 3 atom stereocenters. The Bertz CT molecular complexity index is 1500. The molecule has 1 amide bonds. The van der Waals surface area contributed by atoms with Gasteiger partial charge in [-0.25, -0.2) is 0 Å². The zero-order valence-electron chi connectivity index (χ0n) is 25.4. The van der Waals surface area contributed by atoms with Crippen LogP contribution in [0.5, 0.6) is 0 Å². The Balaban J connectivity index is 1.30. The zero-order valence-corrected chi connectivity index (χ0v) is 25.4. The number of nitrogens with zero attached hydrogens (tertiary/aromatic N) is 3. The van der Waals surface area contributed by atoms with E-state index >= 15 is 0 Å². The molecule has 5 rings (SSSR count). The number of carbonyl (C=O) groups is 2. The maximum atomic E-state index is 13.8. The highest BCUT2D eigenvalue weighted by molar-refractivity contribution is 6.01. The standard InChI is InChI=1S/C37H43N3O3/c1-3-39-26-29(25-38-39)14-10-18-35(41)32(22-28-12-6-4-7-13-28)24-36(42)31-20-27(2)21-33(23-31)37(43)40-19-11-17-34(40)30-15-8-5-9-16-30/h4-9,12-13,15-16,20-21,23,25-26,32,34-35,41H,3,10-11,14,17-19,22,24H2,1-2H3/t32-,34?,35-/m1/s1. The van der Waals surface area contributed by atoms with Crippen LogP contribution in [-0.4, -0.2) is 44.1 Å². The van der Waals surface area contributed by atoms with Crippen LogP contribution in [0.1, 0.15) is 88.0 Å². The average Bonchev–Trinajstić information content (AvgIpc) is 3.71. The minimum absolute atomic E-state index is 0.0311. The fraction of sp³-hybridized carbons (Fsp3) is 0.378. The third-order valence-corrected chi connectivity index (χ3v) is 8.65. The number of hydrogen-bond donors (Lipinski definition) is 1. The molecule has 43 heavy (non-hydrogen) atoms. The number of carbonyl (C=O) groups excluding carboxylic acids is 2. The van der Waals surface area contributed by atoms with Gasteiger partial charge in [-0.05, 0) is 98.7 Å². The van der Waals surface area contributed by atoms with Gasteiger partial charge in [-0.2, -0.15) is 5.10 Å². The van der Waals surface area contributed by atoms with Crippen molar-refractivity contribution in [3.8, 4) is 0 Å². The van der Waals surface area contributed by atoms with Crippen LogP contribution in [0, 0.1) is 12.8 Å². The Morgan fingerprint density at radius 2 is 1.70 bits per heavy atom. The summed E-state index contributed by atoms with van der Waals surface area (Å²) in [4.78, 5) is 29.5. The van der Waals surface area contributed by atoms with Gasteiger partial charge in [-0.15, -0.1) is 0 Å². The molecule has 6 heteroatoms. The largest absolute Gasteiger partial charge is 0.393 e. The topological polar surface area (TPSA) is 75.4 Å². The van der Waals surface area contributed by atoms with Crippen LogP contribution >= 0.6 is 0 Å². The SMILES string of the molecule is CCn1cc(CCC[C@@H](O)[C@@H](CC(=O)c2cc(C)cc(C(=O)N3CCCC3c3ccccc3)c2)Cc2ccccc2)cn1. The second kappa shape index (κ2) is 14.4. The molecule has 0 radical (unpaired) electrons. The molecule has 3 aromatic carbocycles. The smallest absolute Gasteiger partial charge is 0.254 e. The van der Waals surface area contributed by atoms with Crippen molar-refractivity contribution in [3.63, 3.8) is 0 Å². The fourth-order valence-corrected chi connectivity index (χ4v) is 6.34. The lowest BCUT2D eigenvalue weighted by molar-refractivity contribution is 0.0734. The molecule has 4 aromatic rings. The Morgan fingerprint density at radius 3 is 2.42 bits per heavy atom. The molecule has 0 bridgehead atoms. The van der Waals surface area contributed by atoms with Crippen molar-refractivity contribution in [2.75, 3.05) is 6.54 Å². The third kappa shape index (κ3) is 7.88. The van der Waals surface area contributed by atoms with Crippen molar-refractivity contribution in [3.05, 3.63) is 125 Å². The quantitative estimate of drug-likeness (QED) is 0.174. The maximum Gasteiger partial charge on any atom is 0.254 e. The summed E-state index contributed by atoms with van der Waals surface area (Å²) in [6.07, 6.45) is 8.33. The normalized spacial score (nSPS) is 16.3. The van der Waals surface area contributed by atoms with E-state index in [0.717, 1.165) is 54.5 Å². The van der Waals surface area contributed by atoms with Crippen molar-refractivity contribution in [2.24, 2.45) is 5.92 Å². The number of likely N-dealkylation sites (tertiary alicyclic amines) is 1. The van der Waals surface area contributed by atoms with E-state index in [1.165, 1.54) is 0 Å². The number of benzene rings is 3. The molecule has 1 N–H and O–H groups in total. The van der Waals surface area contributed by atoms with Gasteiger partial charge in [0.15, 0.2) is 5.78 Å². The monoisotopic (exact) mass is 577 g/mol. The predicted octanol–water partition coefficient (Wildman–Crippen LogP) is 7.00. The van der Waals surface area contributed by atoms with Crippen molar-refractivity contribution in [2.45, 2.75) is 77.5 Å².